The van der Waals surface area contributed by atoms with Gasteiger partial charge in [0.2, 0.25) is 0 Å². The number of benzene rings is 1. The second-order valence-corrected chi connectivity index (χ2v) is 4.25. The van der Waals surface area contributed by atoms with Crippen molar-refractivity contribution in [2.24, 2.45) is 0 Å². The maximum absolute atomic E-state index is 10.7. The molecule has 0 unspecified atom stereocenters. The fourth-order valence-electron chi connectivity index (χ4n) is 1.58. The minimum absolute atomic E-state index is 0.571. The van der Waals surface area contributed by atoms with Crippen LogP contribution in [-0.2, 0) is 11.2 Å². The first-order valence-corrected chi connectivity index (χ1v) is 5.98. The molecule has 0 fully saturated rings. The number of allylic oxidation sites excluding steroid dienone is 1. The first-order chi connectivity index (χ1) is 7.70. The Balaban J connectivity index is 3.08. The molecule has 1 nitrogen and oxygen atoms in total. The minimum Gasteiger partial charge on any atom is -0.298 e. The van der Waals surface area contributed by atoms with E-state index in [-0.39, 0.29) is 0 Å². The van der Waals surface area contributed by atoms with Crippen LogP contribution in [0.2, 0.25) is 0 Å². The van der Waals surface area contributed by atoms with Gasteiger partial charge in [-0.1, -0.05) is 49.2 Å². The molecule has 1 aromatic carbocycles. The van der Waals surface area contributed by atoms with Crippen LogP contribution in [0.15, 0.2) is 29.8 Å². The van der Waals surface area contributed by atoms with Crippen LogP contribution in [0.3, 0.4) is 0 Å². The summed E-state index contributed by atoms with van der Waals surface area (Å²) in [4.78, 5) is 10.7. The zero-order chi connectivity index (χ0) is 12.0. The molecule has 0 heterocycles. The van der Waals surface area contributed by atoms with Gasteiger partial charge in [0.05, 0.1) is 5.03 Å². The Morgan fingerprint density at radius 3 is 2.69 bits per heavy atom. The van der Waals surface area contributed by atoms with Crippen molar-refractivity contribution in [3.8, 4) is 0 Å². The van der Waals surface area contributed by atoms with Gasteiger partial charge < -0.3 is 0 Å². The summed E-state index contributed by atoms with van der Waals surface area (Å²) in [7, 11) is 0. The van der Waals surface area contributed by atoms with Gasteiger partial charge in [-0.15, -0.1) is 0 Å². The predicted molar refractivity (Wildman–Crippen MR) is 69.6 cm³/mol. The number of aldehydes is 1. The molecular weight excluding hydrogens is 220 g/mol. The standard InChI is InChI=1S/C14H17ClO/c1-3-4-7-12-8-5-6-9-13(12)14(15)11(2)10-16/h5-6,8-10H,3-4,7H2,1-2H3. The van der Waals surface area contributed by atoms with Crippen LogP contribution in [-0.4, -0.2) is 6.29 Å². The lowest BCUT2D eigenvalue weighted by Crippen LogP contribution is -1.93. The van der Waals surface area contributed by atoms with Crippen molar-refractivity contribution >= 4 is 22.9 Å². The summed E-state index contributed by atoms with van der Waals surface area (Å²) in [6.07, 6.45) is 4.11. The van der Waals surface area contributed by atoms with Crippen molar-refractivity contribution in [3.63, 3.8) is 0 Å². The van der Waals surface area contributed by atoms with Crippen LogP contribution < -0.4 is 0 Å². The molecule has 1 rings (SSSR count). The summed E-state index contributed by atoms with van der Waals surface area (Å²) >= 11 is 6.19. The van der Waals surface area contributed by atoms with Crippen molar-refractivity contribution in [2.45, 2.75) is 33.1 Å². The lowest BCUT2D eigenvalue weighted by atomic mass is 10.0. The normalized spacial score (nSPS) is 12.2. The summed E-state index contributed by atoms with van der Waals surface area (Å²) in [5, 5.41) is 0.571. The molecule has 1 aromatic rings. The molecule has 0 radical (unpaired) electrons. The van der Waals surface area contributed by atoms with Crippen LogP contribution in [0.4, 0.5) is 0 Å². The number of carbonyl (C=O) groups is 1. The number of carbonyl (C=O) groups excluding carboxylic acids is 1. The molecule has 0 aromatic heterocycles. The highest BCUT2D eigenvalue weighted by Gasteiger charge is 2.07. The van der Waals surface area contributed by atoms with Crippen LogP contribution in [0.5, 0.6) is 0 Å². The van der Waals surface area contributed by atoms with E-state index in [1.165, 1.54) is 5.56 Å². The first-order valence-electron chi connectivity index (χ1n) is 5.60. The fourth-order valence-corrected chi connectivity index (χ4v) is 1.81. The van der Waals surface area contributed by atoms with Gasteiger partial charge >= 0.3 is 0 Å². The van der Waals surface area contributed by atoms with E-state index in [1.54, 1.807) is 6.92 Å². The van der Waals surface area contributed by atoms with E-state index in [0.29, 0.717) is 10.6 Å². The van der Waals surface area contributed by atoms with Crippen molar-refractivity contribution in [2.75, 3.05) is 0 Å². The molecule has 0 bridgehead atoms. The minimum atomic E-state index is 0.571. The van der Waals surface area contributed by atoms with Crippen LogP contribution >= 0.6 is 11.6 Å². The molecule has 0 N–H and O–H groups in total. The van der Waals surface area contributed by atoms with E-state index >= 15 is 0 Å². The van der Waals surface area contributed by atoms with E-state index < -0.39 is 0 Å². The summed E-state index contributed by atoms with van der Waals surface area (Å²) in [5.74, 6) is 0. The van der Waals surface area contributed by atoms with E-state index in [0.717, 1.165) is 31.1 Å². The second-order valence-electron chi connectivity index (χ2n) is 3.88. The Labute approximate surface area is 102 Å². The van der Waals surface area contributed by atoms with Crippen molar-refractivity contribution in [1.29, 1.82) is 0 Å². The van der Waals surface area contributed by atoms with Crippen molar-refractivity contribution in [3.05, 3.63) is 41.0 Å². The molecule has 0 amide bonds. The fraction of sp³-hybridized carbons (Fsp3) is 0.357. The number of halogens is 1. The summed E-state index contributed by atoms with van der Waals surface area (Å²) in [6, 6.07) is 8.01. The smallest absolute Gasteiger partial charge is 0.147 e. The van der Waals surface area contributed by atoms with Gasteiger partial charge in [-0.25, -0.2) is 0 Å². The quantitative estimate of drug-likeness (QED) is 0.553. The Hall–Kier alpha value is -1.08. The highest BCUT2D eigenvalue weighted by atomic mass is 35.5. The highest BCUT2D eigenvalue weighted by molar-refractivity contribution is 6.50. The third-order valence-corrected chi connectivity index (χ3v) is 3.08. The molecular formula is C14H17ClO. The molecule has 0 aliphatic heterocycles. The maximum atomic E-state index is 10.7. The SMILES string of the molecule is CCCCc1ccccc1C(Cl)=C(C)C=O. The average molecular weight is 237 g/mol. The Morgan fingerprint density at radius 1 is 1.38 bits per heavy atom. The number of hydrogen-bond acceptors (Lipinski definition) is 1. The van der Waals surface area contributed by atoms with E-state index in [1.807, 2.05) is 18.2 Å². The van der Waals surface area contributed by atoms with Gasteiger partial charge in [-0.3, -0.25) is 4.79 Å². The van der Waals surface area contributed by atoms with Crippen molar-refractivity contribution in [1.82, 2.24) is 0 Å². The Bertz CT molecular complexity index is 393. The van der Waals surface area contributed by atoms with Gasteiger partial charge in [0.15, 0.2) is 0 Å². The second kappa shape index (κ2) is 6.49. The molecule has 0 aliphatic carbocycles. The third-order valence-electron chi connectivity index (χ3n) is 2.58. The number of hydrogen-bond donors (Lipinski definition) is 0. The third kappa shape index (κ3) is 3.21. The molecule has 86 valence electrons. The lowest BCUT2D eigenvalue weighted by Gasteiger charge is -2.08. The summed E-state index contributed by atoms with van der Waals surface area (Å²) in [6.45, 7) is 3.91. The summed E-state index contributed by atoms with van der Waals surface area (Å²) in [5.41, 5.74) is 2.79. The number of aryl methyl sites for hydroxylation is 1. The zero-order valence-corrected chi connectivity index (χ0v) is 10.6. The van der Waals surface area contributed by atoms with E-state index in [2.05, 4.69) is 13.0 Å². The molecule has 0 saturated carbocycles. The first kappa shape index (κ1) is 13.0. The van der Waals surface area contributed by atoms with Crippen molar-refractivity contribution < 1.29 is 4.79 Å². The topological polar surface area (TPSA) is 17.1 Å². The molecule has 2 heteroatoms. The van der Waals surface area contributed by atoms with Crippen LogP contribution in [0, 0.1) is 0 Å². The lowest BCUT2D eigenvalue weighted by molar-refractivity contribution is -0.104. The van der Waals surface area contributed by atoms with Gasteiger partial charge in [0.1, 0.15) is 6.29 Å². The van der Waals surface area contributed by atoms with Gasteiger partial charge in [0.25, 0.3) is 0 Å². The highest BCUT2D eigenvalue weighted by Crippen LogP contribution is 2.26. The van der Waals surface area contributed by atoms with Gasteiger partial charge in [0, 0.05) is 5.57 Å². The molecule has 0 aliphatic rings. The monoisotopic (exact) mass is 236 g/mol. The van der Waals surface area contributed by atoms with E-state index in [9.17, 15) is 4.79 Å². The average Bonchev–Trinajstić information content (AvgIpc) is 2.34. The van der Waals surface area contributed by atoms with Gasteiger partial charge in [-0.2, -0.15) is 0 Å². The maximum Gasteiger partial charge on any atom is 0.147 e. The van der Waals surface area contributed by atoms with Crippen LogP contribution in [0.1, 0.15) is 37.8 Å². The Kier molecular flexibility index (Phi) is 5.27. The van der Waals surface area contributed by atoms with Crippen LogP contribution in [0.25, 0.3) is 5.03 Å². The Morgan fingerprint density at radius 2 is 2.06 bits per heavy atom. The molecule has 0 spiro atoms. The zero-order valence-electron chi connectivity index (χ0n) is 9.79. The summed E-state index contributed by atoms with van der Waals surface area (Å²) < 4.78 is 0. The molecule has 0 atom stereocenters. The largest absolute Gasteiger partial charge is 0.298 e. The predicted octanol–water partition coefficient (Wildman–Crippen LogP) is 4.20. The molecule has 16 heavy (non-hydrogen) atoms. The number of unbranched alkanes of at least 4 members (excludes halogenated alkanes) is 1. The number of rotatable bonds is 5. The van der Waals surface area contributed by atoms with E-state index in [4.69, 9.17) is 11.6 Å². The van der Waals surface area contributed by atoms with Gasteiger partial charge in [-0.05, 0) is 30.9 Å². The molecule has 0 saturated heterocycles.